The van der Waals surface area contributed by atoms with Crippen LogP contribution in [0.2, 0.25) is 0 Å². The molecule has 0 aliphatic heterocycles. The van der Waals surface area contributed by atoms with Gasteiger partial charge < -0.3 is 5.32 Å². The zero-order valence-corrected chi connectivity index (χ0v) is 13.4. The van der Waals surface area contributed by atoms with E-state index in [-0.39, 0.29) is 11.8 Å². The molecule has 1 rings (SSSR count). The quantitative estimate of drug-likeness (QED) is 0.674. The Hall–Kier alpha value is -0.130. The van der Waals surface area contributed by atoms with Gasteiger partial charge >= 0.3 is 0 Å². The van der Waals surface area contributed by atoms with Crippen LogP contribution < -0.4 is 10.0 Å². The zero-order valence-electron chi connectivity index (χ0n) is 12.6. The first-order valence-electron chi connectivity index (χ1n) is 7.64. The van der Waals surface area contributed by atoms with Crippen LogP contribution in [0.1, 0.15) is 59.3 Å². The maximum Gasteiger partial charge on any atom is 0.211 e. The van der Waals surface area contributed by atoms with E-state index in [2.05, 4.69) is 23.9 Å². The Kier molecular flexibility index (Phi) is 7.32. The van der Waals surface area contributed by atoms with Crippen molar-refractivity contribution in [2.75, 3.05) is 12.3 Å². The van der Waals surface area contributed by atoms with Gasteiger partial charge in [0.25, 0.3) is 0 Å². The molecule has 0 radical (unpaired) electrons. The van der Waals surface area contributed by atoms with Gasteiger partial charge in [-0.3, -0.25) is 0 Å². The van der Waals surface area contributed by atoms with Crippen LogP contribution in [0.5, 0.6) is 0 Å². The van der Waals surface area contributed by atoms with E-state index < -0.39 is 10.0 Å². The Morgan fingerprint density at radius 3 is 2.32 bits per heavy atom. The van der Waals surface area contributed by atoms with Crippen molar-refractivity contribution in [1.82, 2.24) is 10.0 Å². The van der Waals surface area contributed by atoms with Gasteiger partial charge in [0.05, 0.1) is 5.75 Å². The number of hydrogen-bond acceptors (Lipinski definition) is 3. The molecule has 1 unspecified atom stereocenters. The van der Waals surface area contributed by atoms with E-state index in [0.717, 1.165) is 6.54 Å². The lowest BCUT2D eigenvalue weighted by molar-refractivity contribution is 0.303. The SMILES string of the molecule is CC(C)NCCCS(=O)(=O)NC(C)C1CCCCC1. The van der Waals surface area contributed by atoms with E-state index in [1.165, 1.54) is 32.1 Å². The van der Waals surface area contributed by atoms with Crippen LogP contribution >= 0.6 is 0 Å². The fourth-order valence-electron chi connectivity index (χ4n) is 2.73. The number of hydrogen-bond donors (Lipinski definition) is 2. The molecule has 4 nitrogen and oxygen atoms in total. The normalized spacial score (nSPS) is 19.8. The molecule has 0 aromatic rings. The van der Waals surface area contributed by atoms with Crippen molar-refractivity contribution in [1.29, 1.82) is 0 Å². The molecule has 19 heavy (non-hydrogen) atoms. The highest BCUT2D eigenvalue weighted by Gasteiger charge is 2.23. The van der Waals surface area contributed by atoms with Crippen LogP contribution in [0.3, 0.4) is 0 Å². The van der Waals surface area contributed by atoms with Gasteiger partial charge in [-0.25, -0.2) is 13.1 Å². The van der Waals surface area contributed by atoms with Gasteiger partial charge in [0.1, 0.15) is 0 Å². The van der Waals surface area contributed by atoms with E-state index in [1.807, 2.05) is 6.92 Å². The predicted molar refractivity (Wildman–Crippen MR) is 80.7 cm³/mol. The summed E-state index contributed by atoms with van der Waals surface area (Å²) in [6.45, 7) is 6.91. The fraction of sp³-hybridized carbons (Fsp3) is 1.00. The van der Waals surface area contributed by atoms with E-state index in [0.29, 0.717) is 18.4 Å². The third-order valence-corrected chi connectivity index (χ3v) is 5.42. The van der Waals surface area contributed by atoms with Gasteiger partial charge in [-0.05, 0) is 38.6 Å². The predicted octanol–water partition coefficient (Wildman–Crippen LogP) is 2.26. The van der Waals surface area contributed by atoms with Crippen molar-refractivity contribution in [3.8, 4) is 0 Å². The first-order valence-corrected chi connectivity index (χ1v) is 9.29. The Bertz CT molecular complexity index is 335. The summed E-state index contributed by atoms with van der Waals surface area (Å²) in [7, 11) is -3.12. The summed E-state index contributed by atoms with van der Waals surface area (Å²) >= 11 is 0. The van der Waals surface area contributed by atoms with E-state index in [4.69, 9.17) is 0 Å². The van der Waals surface area contributed by atoms with Crippen molar-refractivity contribution < 1.29 is 8.42 Å². The molecule has 1 aliphatic carbocycles. The van der Waals surface area contributed by atoms with Crippen molar-refractivity contribution in [3.05, 3.63) is 0 Å². The van der Waals surface area contributed by atoms with Gasteiger partial charge in [-0.1, -0.05) is 33.1 Å². The maximum absolute atomic E-state index is 12.0. The smallest absolute Gasteiger partial charge is 0.211 e. The molecule has 2 N–H and O–H groups in total. The second-order valence-corrected chi connectivity index (χ2v) is 7.96. The maximum atomic E-state index is 12.0. The highest BCUT2D eigenvalue weighted by Crippen LogP contribution is 2.26. The van der Waals surface area contributed by atoms with Crippen LogP contribution in [0.25, 0.3) is 0 Å². The van der Waals surface area contributed by atoms with Crippen LogP contribution in [0.15, 0.2) is 0 Å². The number of nitrogens with one attached hydrogen (secondary N) is 2. The van der Waals surface area contributed by atoms with E-state index in [1.54, 1.807) is 0 Å². The largest absolute Gasteiger partial charge is 0.314 e. The molecule has 0 aromatic heterocycles. The lowest BCUT2D eigenvalue weighted by atomic mass is 9.85. The van der Waals surface area contributed by atoms with Gasteiger partial charge in [-0.2, -0.15) is 0 Å². The molecule has 0 amide bonds. The van der Waals surface area contributed by atoms with Gasteiger partial charge in [0.15, 0.2) is 0 Å². The zero-order chi connectivity index (χ0) is 14.3. The topological polar surface area (TPSA) is 58.2 Å². The highest BCUT2D eigenvalue weighted by molar-refractivity contribution is 7.89. The minimum Gasteiger partial charge on any atom is -0.314 e. The molecule has 0 spiro atoms. The average molecular weight is 290 g/mol. The second-order valence-electron chi connectivity index (χ2n) is 6.09. The third kappa shape index (κ3) is 7.28. The summed E-state index contributed by atoms with van der Waals surface area (Å²) in [5.41, 5.74) is 0. The molecule has 0 heterocycles. The monoisotopic (exact) mass is 290 g/mol. The average Bonchev–Trinajstić information content (AvgIpc) is 2.35. The van der Waals surface area contributed by atoms with Crippen LogP contribution in [-0.2, 0) is 10.0 Å². The molecule has 1 saturated carbocycles. The fourth-order valence-corrected chi connectivity index (χ4v) is 4.13. The Balaban J connectivity index is 2.28. The molecule has 1 fully saturated rings. The van der Waals surface area contributed by atoms with Crippen molar-refractivity contribution in [3.63, 3.8) is 0 Å². The van der Waals surface area contributed by atoms with E-state index >= 15 is 0 Å². The molecular weight excluding hydrogens is 260 g/mol. The third-order valence-electron chi connectivity index (χ3n) is 3.86. The summed E-state index contributed by atoms with van der Waals surface area (Å²) in [5.74, 6) is 0.751. The summed E-state index contributed by atoms with van der Waals surface area (Å²) in [6, 6.07) is 0.500. The first-order chi connectivity index (χ1) is 8.91. The molecule has 0 bridgehead atoms. The lowest BCUT2D eigenvalue weighted by Gasteiger charge is -2.28. The molecular formula is C14H30N2O2S. The molecule has 0 aromatic carbocycles. The number of rotatable bonds is 8. The second kappa shape index (κ2) is 8.22. The van der Waals surface area contributed by atoms with Crippen molar-refractivity contribution in [2.24, 2.45) is 5.92 Å². The van der Waals surface area contributed by atoms with Gasteiger partial charge in [-0.15, -0.1) is 0 Å². The van der Waals surface area contributed by atoms with Crippen LogP contribution in [0.4, 0.5) is 0 Å². The lowest BCUT2D eigenvalue weighted by Crippen LogP contribution is -2.40. The minimum atomic E-state index is -3.12. The van der Waals surface area contributed by atoms with Crippen molar-refractivity contribution >= 4 is 10.0 Å². The standard InChI is InChI=1S/C14H30N2O2S/c1-12(2)15-10-7-11-19(17,18)16-13(3)14-8-5-4-6-9-14/h12-16H,4-11H2,1-3H3. The van der Waals surface area contributed by atoms with E-state index in [9.17, 15) is 8.42 Å². The number of sulfonamides is 1. The summed E-state index contributed by atoms with van der Waals surface area (Å²) in [6.07, 6.45) is 6.79. The Labute approximate surface area is 118 Å². The molecule has 1 atom stereocenters. The van der Waals surface area contributed by atoms with Gasteiger partial charge in [0, 0.05) is 12.1 Å². The molecule has 114 valence electrons. The molecule has 5 heteroatoms. The summed E-state index contributed by atoms with van der Waals surface area (Å²) < 4.78 is 26.8. The molecule has 1 aliphatic rings. The summed E-state index contributed by atoms with van der Waals surface area (Å²) in [4.78, 5) is 0. The Morgan fingerprint density at radius 2 is 1.74 bits per heavy atom. The van der Waals surface area contributed by atoms with Crippen molar-refractivity contribution in [2.45, 2.75) is 71.4 Å². The Morgan fingerprint density at radius 1 is 1.11 bits per heavy atom. The first kappa shape index (κ1) is 16.9. The highest BCUT2D eigenvalue weighted by atomic mass is 32.2. The van der Waals surface area contributed by atoms with Crippen LogP contribution in [0, 0.1) is 5.92 Å². The van der Waals surface area contributed by atoms with Crippen LogP contribution in [-0.4, -0.2) is 32.8 Å². The minimum absolute atomic E-state index is 0.0864. The summed E-state index contributed by atoms with van der Waals surface area (Å²) in [5, 5.41) is 3.24. The van der Waals surface area contributed by atoms with Gasteiger partial charge in [0.2, 0.25) is 10.0 Å². The molecule has 0 saturated heterocycles.